The van der Waals surface area contributed by atoms with Crippen LogP contribution in [0.3, 0.4) is 0 Å². The molecule has 1 aromatic rings. The minimum atomic E-state index is -0.456. The minimum absolute atomic E-state index is 0.216. The highest BCUT2D eigenvalue weighted by Gasteiger charge is 2.20. The van der Waals surface area contributed by atoms with Crippen LogP contribution in [0.5, 0.6) is 0 Å². The Kier molecular flexibility index (Phi) is 4.98. The van der Waals surface area contributed by atoms with E-state index in [2.05, 4.69) is 9.69 Å². The summed E-state index contributed by atoms with van der Waals surface area (Å²) in [4.78, 5) is 11.6. The molecule has 0 saturated carbocycles. The first-order chi connectivity index (χ1) is 9.22. The molecule has 2 rings (SSSR count). The smallest absolute Gasteiger partial charge is 0.344 e. The fraction of sp³-hybridized carbons (Fsp3) is 0.667. The fourth-order valence-corrected chi connectivity index (χ4v) is 2.83. The van der Waals surface area contributed by atoms with Crippen LogP contribution in [0.2, 0.25) is 0 Å². The van der Waals surface area contributed by atoms with E-state index in [4.69, 9.17) is 15.2 Å². The average molecular weight is 285 g/mol. The summed E-state index contributed by atoms with van der Waals surface area (Å²) in [5, 5.41) is 3.86. The lowest BCUT2D eigenvalue weighted by Gasteiger charge is -2.22. The number of aromatic nitrogens is 1. The van der Waals surface area contributed by atoms with Gasteiger partial charge in [-0.05, 0) is 37.2 Å². The summed E-state index contributed by atoms with van der Waals surface area (Å²) >= 11 is 1.18. The number of hydrogen-bond acceptors (Lipinski definition) is 7. The summed E-state index contributed by atoms with van der Waals surface area (Å²) in [5.41, 5.74) is 6.00. The maximum Gasteiger partial charge on any atom is 0.344 e. The molecule has 0 aromatic carbocycles. The molecule has 0 radical (unpaired) electrons. The quantitative estimate of drug-likeness (QED) is 0.803. The Hall–Kier alpha value is -1.34. The molecule has 0 bridgehead atoms. The number of nitrogens with two attached hydrogens (primary N) is 1. The second kappa shape index (κ2) is 6.72. The molecule has 6 nitrogen and oxygen atoms in total. The van der Waals surface area contributed by atoms with E-state index in [1.165, 1.54) is 25.1 Å². The standard InChI is InChI=1S/C12H19N3O3S/c1-17-12(16)9-10(13)15-19-11(9)14-6-5-8-4-2-3-7-18-8/h8,14H,2-7H2,1H3,(H2,13,15). The summed E-state index contributed by atoms with van der Waals surface area (Å²) in [6.07, 6.45) is 4.72. The Bertz CT molecular complexity index is 430. The zero-order chi connectivity index (χ0) is 13.7. The van der Waals surface area contributed by atoms with Crippen LogP contribution in [0.25, 0.3) is 0 Å². The Morgan fingerprint density at radius 2 is 2.47 bits per heavy atom. The number of nitrogen functional groups attached to an aromatic ring is 1. The zero-order valence-electron chi connectivity index (χ0n) is 11.0. The predicted octanol–water partition coefficient (Wildman–Crippen LogP) is 1.88. The summed E-state index contributed by atoms with van der Waals surface area (Å²) in [7, 11) is 1.33. The van der Waals surface area contributed by atoms with Crippen LogP contribution >= 0.6 is 11.5 Å². The van der Waals surface area contributed by atoms with Gasteiger partial charge in [0.25, 0.3) is 0 Å². The Balaban J connectivity index is 1.87. The fourth-order valence-electron chi connectivity index (χ4n) is 2.10. The van der Waals surface area contributed by atoms with Crippen molar-refractivity contribution in [1.29, 1.82) is 0 Å². The van der Waals surface area contributed by atoms with Crippen LogP contribution in [-0.2, 0) is 9.47 Å². The number of methoxy groups -OCH3 is 1. The second-order valence-corrected chi connectivity index (χ2v) is 5.24. The monoisotopic (exact) mass is 285 g/mol. The molecule has 2 heterocycles. The van der Waals surface area contributed by atoms with Gasteiger partial charge in [-0.15, -0.1) is 0 Å². The molecule has 0 amide bonds. The van der Waals surface area contributed by atoms with Crippen LogP contribution < -0.4 is 11.1 Å². The molecule has 1 unspecified atom stereocenters. The van der Waals surface area contributed by atoms with Crippen molar-refractivity contribution in [3.05, 3.63) is 5.56 Å². The van der Waals surface area contributed by atoms with E-state index in [0.29, 0.717) is 16.7 Å². The van der Waals surface area contributed by atoms with Gasteiger partial charge in [0.1, 0.15) is 10.6 Å². The maximum atomic E-state index is 11.6. The van der Waals surface area contributed by atoms with E-state index >= 15 is 0 Å². The molecular formula is C12H19N3O3S. The molecule has 0 aliphatic carbocycles. The molecule has 1 aliphatic heterocycles. The van der Waals surface area contributed by atoms with E-state index < -0.39 is 5.97 Å². The third kappa shape index (κ3) is 3.57. The van der Waals surface area contributed by atoms with Crippen molar-refractivity contribution in [2.45, 2.75) is 31.8 Å². The van der Waals surface area contributed by atoms with Gasteiger partial charge in [-0.25, -0.2) is 4.79 Å². The van der Waals surface area contributed by atoms with Crippen molar-refractivity contribution in [3.8, 4) is 0 Å². The number of rotatable bonds is 5. The third-order valence-electron chi connectivity index (χ3n) is 3.13. The molecule has 7 heteroatoms. The summed E-state index contributed by atoms with van der Waals surface area (Å²) in [6, 6.07) is 0. The molecule has 1 aromatic heterocycles. The van der Waals surface area contributed by atoms with Gasteiger partial charge in [-0.3, -0.25) is 0 Å². The minimum Gasteiger partial charge on any atom is -0.465 e. The molecule has 1 saturated heterocycles. The molecule has 3 N–H and O–H groups in total. The van der Waals surface area contributed by atoms with Crippen molar-refractivity contribution in [2.24, 2.45) is 0 Å². The first kappa shape index (κ1) is 14.1. The predicted molar refractivity (Wildman–Crippen MR) is 74.6 cm³/mol. The van der Waals surface area contributed by atoms with Gasteiger partial charge in [-0.2, -0.15) is 4.37 Å². The number of ether oxygens (including phenoxy) is 2. The van der Waals surface area contributed by atoms with Gasteiger partial charge in [0.05, 0.1) is 13.2 Å². The highest BCUT2D eigenvalue weighted by atomic mass is 32.1. The van der Waals surface area contributed by atoms with Gasteiger partial charge in [0.2, 0.25) is 0 Å². The van der Waals surface area contributed by atoms with Crippen LogP contribution in [0.1, 0.15) is 36.0 Å². The summed E-state index contributed by atoms with van der Waals surface area (Å²) in [5.74, 6) is -0.240. The molecular weight excluding hydrogens is 266 g/mol. The lowest BCUT2D eigenvalue weighted by molar-refractivity contribution is 0.0134. The topological polar surface area (TPSA) is 86.5 Å². The number of esters is 1. The number of carbonyl (C=O) groups excluding carboxylic acids is 1. The van der Waals surface area contributed by atoms with Gasteiger partial charge in [0.15, 0.2) is 5.82 Å². The largest absolute Gasteiger partial charge is 0.465 e. The Morgan fingerprint density at radius 1 is 1.63 bits per heavy atom. The van der Waals surface area contributed by atoms with Gasteiger partial charge >= 0.3 is 5.97 Å². The molecule has 1 aliphatic rings. The third-order valence-corrected chi connectivity index (χ3v) is 3.95. The van der Waals surface area contributed by atoms with Crippen LogP contribution in [-0.4, -0.2) is 36.7 Å². The van der Waals surface area contributed by atoms with E-state index in [0.717, 1.165) is 32.4 Å². The van der Waals surface area contributed by atoms with E-state index in [1.54, 1.807) is 0 Å². The van der Waals surface area contributed by atoms with E-state index in [-0.39, 0.29) is 5.82 Å². The lowest BCUT2D eigenvalue weighted by Crippen LogP contribution is -2.22. The number of anilines is 2. The maximum absolute atomic E-state index is 11.6. The second-order valence-electron chi connectivity index (χ2n) is 4.47. The van der Waals surface area contributed by atoms with Crippen LogP contribution in [0, 0.1) is 0 Å². The first-order valence-corrected chi connectivity index (χ1v) is 7.18. The normalized spacial score (nSPS) is 19.1. The van der Waals surface area contributed by atoms with Gasteiger partial charge in [0, 0.05) is 13.2 Å². The van der Waals surface area contributed by atoms with Gasteiger partial charge < -0.3 is 20.5 Å². The highest BCUT2D eigenvalue weighted by Crippen LogP contribution is 2.27. The lowest BCUT2D eigenvalue weighted by atomic mass is 10.1. The number of carbonyl (C=O) groups is 1. The highest BCUT2D eigenvalue weighted by molar-refractivity contribution is 7.11. The van der Waals surface area contributed by atoms with Crippen LogP contribution in [0.4, 0.5) is 10.8 Å². The number of nitrogens with zero attached hydrogens (tertiary/aromatic N) is 1. The SMILES string of the molecule is COC(=O)c1c(N)nsc1NCCC1CCCCO1. The number of hydrogen-bond donors (Lipinski definition) is 2. The van der Waals surface area contributed by atoms with E-state index in [1.807, 2.05) is 0 Å². The first-order valence-electron chi connectivity index (χ1n) is 6.41. The Labute approximate surface area is 116 Å². The molecule has 1 fully saturated rings. The van der Waals surface area contributed by atoms with Crippen molar-refractivity contribution < 1.29 is 14.3 Å². The van der Waals surface area contributed by atoms with Crippen molar-refractivity contribution in [3.63, 3.8) is 0 Å². The van der Waals surface area contributed by atoms with Gasteiger partial charge in [-0.1, -0.05) is 0 Å². The van der Waals surface area contributed by atoms with Crippen molar-refractivity contribution >= 4 is 28.3 Å². The average Bonchev–Trinajstić information content (AvgIpc) is 2.80. The summed E-state index contributed by atoms with van der Waals surface area (Å²) < 4.78 is 14.3. The zero-order valence-corrected chi connectivity index (χ0v) is 11.8. The Morgan fingerprint density at radius 3 is 3.16 bits per heavy atom. The summed E-state index contributed by atoms with van der Waals surface area (Å²) in [6.45, 7) is 1.59. The molecule has 106 valence electrons. The number of nitrogens with one attached hydrogen (secondary N) is 1. The van der Waals surface area contributed by atoms with Crippen molar-refractivity contribution in [1.82, 2.24) is 4.37 Å². The molecule has 19 heavy (non-hydrogen) atoms. The van der Waals surface area contributed by atoms with Crippen molar-refractivity contribution in [2.75, 3.05) is 31.3 Å². The van der Waals surface area contributed by atoms with Crippen LogP contribution in [0.15, 0.2) is 0 Å². The molecule has 0 spiro atoms. The molecule has 1 atom stereocenters. The van der Waals surface area contributed by atoms with E-state index in [9.17, 15) is 4.79 Å².